The number of pyridine rings is 1. The number of hydrogen-bond donors (Lipinski definition) is 2. The van der Waals surface area contributed by atoms with Gasteiger partial charge < -0.3 is 15.2 Å². The molecule has 4 rings (SSSR count). The van der Waals surface area contributed by atoms with Gasteiger partial charge in [0.1, 0.15) is 0 Å². The number of anilines is 1. The summed E-state index contributed by atoms with van der Waals surface area (Å²) in [7, 11) is 0. The monoisotopic (exact) mass is 348 g/mol. The van der Waals surface area contributed by atoms with Gasteiger partial charge >= 0.3 is 0 Å². The van der Waals surface area contributed by atoms with Crippen LogP contribution in [0, 0.1) is 6.92 Å². The van der Waals surface area contributed by atoms with Gasteiger partial charge in [0.25, 0.3) is 0 Å². The molecule has 2 N–H and O–H groups in total. The summed E-state index contributed by atoms with van der Waals surface area (Å²) >= 11 is 5.60. The first-order valence-corrected chi connectivity index (χ1v) is 8.86. The number of thiocarbonyl (C=S) groups is 1. The third-order valence-corrected chi connectivity index (χ3v) is 5.02. The highest BCUT2D eigenvalue weighted by Crippen LogP contribution is 2.28. The van der Waals surface area contributed by atoms with Crippen molar-refractivity contribution in [3.8, 4) is 0 Å². The number of aromatic nitrogens is 2. The van der Waals surface area contributed by atoms with Crippen molar-refractivity contribution in [3.63, 3.8) is 0 Å². The molecule has 126 valence electrons. The Kier molecular flexibility index (Phi) is 4.24. The normalized spacial score (nSPS) is 14.4. The lowest BCUT2D eigenvalue weighted by Crippen LogP contribution is -2.37. The molecular formula is C20H20N4S. The van der Waals surface area contributed by atoms with E-state index in [2.05, 4.69) is 57.6 Å². The first kappa shape index (κ1) is 15.8. The zero-order chi connectivity index (χ0) is 17.2. The number of benzene rings is 1. The predicted molar refractivity (Wildman–Crippen MR) is 108 cm³/mol. The van der Waals surface area contributed by atoms with Gasteiger partial charge in [0.05, 0.1) is 11.0 Å². The van der Waals surface area contributed by atoms with E-state index in [4.69, 9.17) is 12.2 Å². The average molecular weight is 348 g/mol. The van der Waals surface area contributed by atoms with Crippen LogP contribution in [0.15, 0.2) is 54.9 Å². The van der Waals surface area contributed by atoms with Gasteiger partial charge in [-0.1, -0.05) is 24.3 Å². The van der Waals surface area contributed by atoms with Crippen LogP contribution in [0.3, 0.4) is 0 Å². The molecule has 0 spiro atoms. The van der Waals surface area contributed by atoms with Crippen molar-refractivity contribution in [1.82, 2.24) is 14.9 Å². The molecule has 1 aromatic carbocycles. The summed E-state index contributed by atoms with van der Waals surface area (Å²) in [6.07, 6.45) is 7.12. The third-order valence-electron chi connectivity index (χ3n) is 4.66. The van der Waals surface area contributed by atoms with E-state index in [1.54, 1.807) is 0 Å². The van der Waals surface area contributed by atoms with Crippen LogP contribution >= 0.6 is 12.2 Å². The van der Waals surface area contributed by atoms with Crippen molar-refractivity contribution in [2.75, 3.05) is 18.4 Å². The van der Waals surface area contributed by atoms with Gasteiger partial charge in [-0.25, -0.2) is 0 Å². The molecule has 0 radical (unpaired) electrons. The fourth-order valence-corrected chi connectivity index (χ4v) is 3.48. The summed E-state index contributed by atoms with van der Waals surface area (Å²) < 4.78 is 0. The van der Waals surface area contributed by atoms with Gasteiger partial charge in [0, 0.05) is 36.7 Å². The number of rotatable bonds is 2. The molecule has 1 aliphatic rings. The van der Waals surface area contributed by atoms with E-state index in [-0.39, 0.29) is 0 Å². The number of aromatic amines is 1. The number of fused-ring (bicyclic) bond motifs is 1. The molecule has 1 aliphatic heterocycles. The van der Waals surface area contributed by atoms with Gasteiger partial charge in [0.15, 0.2) is 5.11 Å². The van der Waals surface area contributed by atoms with E-state index in [1.165, 1.54) is 16.7 Å². The molecule has 0 amide bonds. The molecule has 5 heteroatoms. The van der Waals surface area contributed by atoms with E-state index in [0.717, 1.165) is 41.3 Å². The maximum Gasteiger partial charge on any atom is 0.173 e. The van der Waals surface area contributed by atoms with E-state index >= 15 is 0 Å². The van der Waals surface area contributed by atoms with Crippen molar-refractivity contribution in [2.24, 2.45) is 0 Å². The Bertz CT molecular complexity index is 957. The molecule has 0 bridgehead atoms. The van der Waals surface area contributed by atoms with Crippen molar-refractivity contribution < 1.29 is 0 Å². The average Bonchev–Trinajstić information content (AvgIpc) is 3.08. The highest BCUT2D eigenvalue weighted by molar-refractivity contribution is 7.80. The molecule has 0 fully saturated rings. The molecular weight excluding hydrogens is 328 g/mol. The second-order valence-corrected chi connectivity index (χ2v) is 6.66. The molecule has 0 atom stereocenters. The van der Waals surface area contributed by atoms with Gasteiger partial charge in [0.2, 0.25) is 0 Å². The second kappa shape index (κ2) is 6.69. The van der Waals surface area contributed by atoms with Crippen LogP contribution < -0.4 is 5.32 Å². The van der Waals surface area contributed by atoms with Crippen LogP contribution in [-0.2, 0) is 0 Å². The molecule has 0 unspecified atom stereocenters. The summed E-state index contributed by atoms with van der Waals surface area (Å²) in [5.41, 5.74) is 6.93. The number of para-hydroxylation sites is 1. The van der Waals surface area contributed by atoms with Crippen molar-refractivity contribution in [1.29, 1.82) is 0 Å². The number of nitrogens with one attached hydrogen (secondary N) is 2. The van der Waals surface area contributed by atoms with Gasteiger partial charge in [-0.15, -0.1) is 0 Å². The number of aryl methyl sites for hydroxylation is 1. The first-order chi connectivity index (χ1) is 12.2. The fraction of sp³-hybridized carbons (Fsp3) is 0.200. The van der Waals surface area contributed by atoms with Crippen LogP contribution in [0.1, 0.15) is 17.5 Å². The summed E-state index contributed by atoms with van der Waals surface area (Å²) in [4.78, 5) is 10.0. The molecule has 0 saturated heterocycles. The predicted octanol–water partition coefficient (Wildman–Crippen LogP) is 4.36. The minimum Gasteiger partial charge on any atom is -0.359 e. The molecule has 4 nitrogen and oxygen atoms in total. The minimum atomic E-state index is 0.779. The highest BCUT2D eigenvalue weighted by Gasteiger charge is 2.18. The van der Waals surface area contributed by atoms with Gasteiger partial charge in [-0.3, -0.25) is 4.98 Å². The maximum atomic E-state index is 5.60. The Balaban J connectivity index is 1.48. The molecule has 0 saturated carbocycles. The largest absolute Gasteiger partial charge is 0.359 e. The topological polar surface area (TPSA) is 44.0 Å². The van der Waals surface area contributed by atoms with Crippen molar-refractivity contribution in [3.05, 3.63) is 66.0 Å². The lowest BCUT2D eigenvalue weighted by Gasteiger charge is -2.29. The summed E-state index contributed by atoms with van der Waals surface area (Å²) in [5.74, 6) is 0. The van der Waals surface area contributed by atoms with Crippen LogP contribution in [0.4, 0.5) is 5.69 Å². The first-order valence-electron chi connectivity index (χ1n) is 8.45. The second-order valence-electron chi connectivity index (χ2n) is 6.27. The van der Waals surface area contributed by atoms with Crippen molar-refractivity contribution >= 4 is 39.6 Å². The van der Waals surface area contributed by atoms with Crippen LogP contribution in [0.25, 0.3) is 16.6 Å². The number of hydrogen-bond acceptors (Lipinski definition) is 2. The number of nitrogens with zero attached hydrogens (tertiary/aromatic N) is 2. The minimum absolute atomic E-state index is 0.779. The lowest BCUT2D eigenvalue weighted by atomic mass is 10.0. The Morgan fingerprint density at radius 3 is 2.92 bits per heavy atom. The van der Waals surface area contributed by atoms with E-state index < -0.39 is 0 Å². The highest BCUT2D eigenvalue weighted by atomic mass is 32.1. The standard InChI is InChI=1S/C20H20N4S/c1-14-5-2-3-6-17(14)23-20(25)24-11-8-15(9-12-24)16-13-22-18-7-4-10-21-19(16)18/h2-8,10,13,22H,9,11-12H2,1H3,(H,23,25). The van der Waals surface area contributed by atoms with E-state index in [9.17, 15) is 0 Å². The zero-order valence-electron chi connectivity index (χ0n) is 14.1. The van der Waals surface area contributed by atoms with E-state index in [1.807, 2.05) is 24.4 Å². The Morgan fingerprint density at radius 2 is 2.12 bits per heavy atom. The SMILES string of the molecule is Cc1ccccc1NC(=S)N1CC=C(c2c[nH]c3cccnc23)CC1. The summed E-state index contributed by atoms with van der Waals surface area (Å²) in [5, 5.41) is 4.15. The lowest BCUT2D eigenvalue weighted by molar-refractivity contribution is 0.466. The smallest absolute Gasteiger partial charge is 0.173 e. The summed E-state index contributed by atoms with van der Waals surface area (Å²) in [6.45, 7) is 3.80. The fourth-order valence-electron chi connectivity index (χ4n) is 3.21. The Morgan fingerprint density at radius 1 is 1.24 bits per heavy atom. The van der Waals surface area contributed by atoms with Crippen LogP contribution in [-0.4, -0.2) is 33.1 Å². The Labute approximate surface area is 152 Å². The third kappa shape index (κ3) is 3.15. The molecule has 3 aromatic rings. The van der Waals surface area contributed by atoms with Crippen LogP contribution in [0.5, 0.6) is 0 Å². The van der Waals surface area contributed by atoms with Crippen molar-refractivity contribution in [2.45, 2.75) is 13.3 Å². The van der Waals surface area contributed by atoms with Gasteiger partial charge in [-0.05, 0) is 54.9 Å². The molecule has 25 heavy (non-hydrogen) atoms. The quantitative estimate of drug-likeness (QED) is 0.676. The molecule has 2 aromatic heterocycles. The van der Waals surface area contributed by atoms with E-state index in [0.29, 0.717) is 0 Å². The van der Waals surface area contributed by atoms with Gasteiger partial charge in [-0.2, -0.15) is 0 Å². The van der Waals surface area contributed by atoms with Crippen LogP contribution in [0.2, 0.25) is 0 Å². The Hall–Kier alpha value is -2.66. The molecule has 3 heterocycles. The number of H-pyrrole nitrogens is 1. The zero-order valence-corrected chi connectivity index (χ0v) is 14.9. The molecule has 0 aliphatic carbocycles. The summed E-state index contributed by atoms with van der Waals surface area (Å²) in [6, 6.07) is 12.2. The maximum absolute atomic E-state index is 5.60.